The number of rotatable bonds is 13. The van der Waals surface area contributed by atoms with Gasteiger partial charge in [-0.05, 0) is 79.6 Å². The highest BCUT2D eigenvalue weighted by molar-refractivity contribution is 7.92. The summed E-state index contributed by atoms with van der Waals surface area (Å²) in [4.78, 5) is 25.4. The summed E-state index contributed by atoms with van der Waals surface area (Å²) < 4.78 is 27.7. The van der Waals surface area contributed by atoms with Crippen molar-refractivity contribution in [1.29, 1.82) is 0 Å². The fraction of sp³-hybridized carbons (Fsp3) is 0.333. The van der Waals surface area contributed by atoms with Crippen LogP contribution in [0.3, 0.4) is 0 Å². The van der Waals surface area contributed by atoms with Crippen LogP contribution < -0.4 is 15.4 Å². The summed E-state index contributed by atoms with van der Waals surface area (Å²) in [7, 11) is -3.50. The van der Waals surface area contributed by atoms with Crippen LogP contribution in [0.15, 0.2) is 78.9 Å². The zero-order chi connectivity index (χ0) is 27.5. The Morgan fingerprint density at radius 3 is 2.08 bits per heavy atom. The zero-order valence-corrected chi connectivity index (χ0v) is 23.1. The van der Waals surface area contributed by atoms with Gasteiger partial charge in [0.25, 0.3) is 11.8 Å². The van der Waals surface area contributed by atoms with Gasteiger partial charge in [0.15, 0.2) is 0 Å². The minimum atomic E-state index is -3.50. The number of carbonyl (C=O) groups is 2. The van der Waals surface area contributed by atoms with Gasteiger partial charge in [0.05, 0.1) is 5.75 Å². The van der Waals surface area contributed by atoms with Gasteiger partial charge >= 0.3 is 0 Å². The second-order valence-electron chi connectivity index (χ2n) is 9.98. The number of nitrogens with one attached hydrogen (secondary N) is 3. The normalized spacial score (nSPS) is 12.1. The van der Waals surface area contributed by atoms with E-state index in [9.17, 15) is 18.0 Å². The third-order valence-electron chi connectivity index (χ3n) is 5.87. The number of aryl methyl sites for hydroxylation is 1. The molecule has 0 aromatic heterocycles. The first-order chi connectivity index (χ1) is 18.1. The van der Waals surface area contributed by atoms with Crippen molar-refractivity contribution < 1.29 is 18.0 Å². The topological polar surface area (TPSA) is 104 Å². The molecule has 0 fully saturated rings. The maximum absolute atomic E-state index is 12.9. The molecule has 202 valence electrons. The Balaban J connectivity index is 1.69. The van der Waals surface area contributed by atoms with Gasteiger partial charge in [-0.1, -0.05) is 56.3 Å². The summed E-state index contributed by atoms with van der Waals surface area (Å²) in [5.41, 5.74) is 3.44. The van der Waals surface area contributed by atoms with Gasteiger partial charge in [-0.2, -0.15) is 0 Å². The number of anilines is 1. The standard InChI is InChI=1S/C30H37N3O4S/c1-22(2)21-31-29(34)27-19-24(11-10-16-38(36,37)33-28-14-8-5-9-15-28)18-25(20-27)17-23(3)32-30(35)26-12-6-4-7-13-26/h4-9,12-15,18-20,22-23,33H,10-11,16-17,21H2,1-3H3,(H,31,34)(H,32,35). The fourth-order valence-corrected chi connectivity index (χ4v) is 5.18. The first kappa shape index (κ1) is 28.9. The van der Waals surface area contributed by atoms with E-state index >= 15 is 0 Å². The molecule has 3 aromatic rings. The van der Waals surface area contributed by atoms with E-state index in [1.807, 2.05) is 63.2 Å². The highest BCUT2D eigenvalue weighted by Gasteiger charge is 2.15. The Kier molecular flexibility index (Phi) is 10.5. The van der Waals surface area contributed by atoms with Crippen molar-refractivity contribution in [3.05, 3.63) is 101 Å². The minimum absolute atomic E-state index is 0.0372. The predicted molar refractivity (Wildman–Crippen MR) is 153 cm³/mol. The molecule has 0 radical (unpaired) electrons. The first-order valence-corrected chi connectivity index (χ1v) is 14.6. The number of hydrogen-bond donors (Lipinski definition) is 3. The molecule has 0 bridgehead atoms. The van der Waals surface area contributed by atoms with Crippen LogP contribution in [-0.2, 0) is 22.9 Å². The van der Waals surface area contributed by atoms with Crippen LogP contribution >= 0.6 is 0 Å². The monoisotopic (exact) mass is 535 g/mol. The number of hydrogen-bond acceptors (Lipinski definition) is 4. The SMILES string of the molecule is CC(C)CNC(=O)c1cc(CCCS(=O)(=O)Nc2ccccc2)cc(CC(C)NC(=O)c2ccccc2)c1. The highest BCUT2D eigenvalue weighted by Crippen LogP contribution is 2.16. The Morgan fingerprint density at radius 1 is 0.789 bits per heavy atom. The smallest absolute Gasteiger partial charge is 0.251 e. The summed E-state index contributed by atoms with van der Waals surface area (Å²) >= 11 is 0. The second kappa shape index (κ2) is 13.8. The Morgan fingerprint density at radius 2 is 1.42 bits per heavy atom. The van der Waals surface area contributed by atoms with Gasteiger partial charge in [0.2, 0.25) is 10.0 Å². The maximum Gasteiger partial charge on any atom is 0.251 e. The number of carbonyl (C=O) groups excluding carboxylic acids is 2. The van der Waals surface area contributed by atoms with Crippen molar-refractivity contribution in [3.8, 4) is 0 Å². The van der Waals surface area contributed by atoms with E-state index < -0.39 is 10.0 Å². The van der Waals surface area contributed by atoms with Crippen molar-refractivity contribution in [2.75, 3.05) is 17.0 Å². The van der Waals surface area contributed by atoms with Crippen LogP contribution in [0.1, 0.15) is 59.0 Å². The second-order valence-corrected chi connectivity index (χ2v) is 11.8. The average Bonchev–Trinajstić information content (AvgIpc) is 2.87. The molecular formula is C30H37N3O4S. The Bertz CT molecular complexity index is 1310. The lowest BCUT2D eigenvalue weighted by molar-refractivity contribution is 0.0934. The fourth-order valence-electron chi connectivity index (χ4n) is 4.06. The molecule has 3 rings (SSSR count). The van der Waals surface area contributed by atoms with Crippen LogP contribution in [0.25, 0.3) is 0 Å². The van der Waals surface area contributed by atoms with Gasteiger partial charge in [0.1, 0.15) is 0 Å². The average molecular weight is 536 g/mol. The lowest BCUT2D eigenvalue weighted by atomic mass is 9.98. The van der Waals surface area contributed by atoms with Crippen LogP contribution in [0.2, 0.25) is 0 Å². The van der Waals surface area contributed by atoms with E-state index in [1.165, 1.54) is 0 Å². The zero-order valence-electron chi connectivity index (χ0n) is 22.2. The van der Waals surface area contributed by atoms with Crippen LogP contribution in [-0.4, -0.2) is 38.6 Å². The molecule has 7 nitrogen and oxygen atoms in total. The van der Waals surface area contributed by atoms with Gasteiger partial charge in [-0.25, -0.2) is 8.42 Å². The minimum Gasteiger partial charge on any atom is -0.352 e. The number of benzene rings is 3. The Labute approximate surface area is 226 Å². The van der Waals surface area contributed by atoms with Crippen molar-refractivity contribution in [1.82, 2.24) is 10.6 Å². The van der Waals surface area contributed by atoms with E-state index in [1.54, 1.807) is 36.4 Å². The van der Waals surface area contributed by atoms with Crippen molar-refractivity contribution in [3.63, 3.8) is 0 Å². The molecule has 0 aliphatic rings. The molecule has 3 aromatic carbocycles. The molecule has 0 saturated carbocycles. The van der Waals surface area contributed by atoms with E-state index in [2.05, 4.69) is 15.4 Å². The number of amides is 2. The molecule has 0 saturated heterocycles. The summed E-state index contributed by atoms with van der Waals surface area (Å²) in [6.07, 6.45) is 1.43. The lowest BCUT2D eigenvalue weighted by Crippen LogP contribution is -2.34. The summed E-state index contributed by atoms with van der Waals surface area (Å²) in [6.45, 7) is 6.55. The number of sulfonamides is 1. The van der Waals surface area contributed by atoms with Gasteiger partial charge in [-0.15, -0.1) is 0 Å². The third kappa shape index (κ3) is 9.67. The van der Waals surface area contributed by atoms with E-state index in [0.29, 0.717) is 48.5 Å². The molecule has 3 N–H and O–H groups in total. The largest absolute Gasteiger partial charge is 0.352 e. The third-order valence-corrected chi connectivity index (χ3v) is 7.24. The number of para-hydroxylation sites is 1. The van der Waals surface area contributed by atoms with Crippen molar-refractivity contribution in [2.45, 2.75) is 46.1 Å². The summed E-state index contributed by atoms with van der Waals surface area (Å²) in [6, 6.07) is 23.3. The van der Waals surface area contributed by atoms with Crippen LogP contribution in [0.5, 0.6) is 0 Å². The Hall–Kier alpha value is -3.65. The molecular weight excluding hydrogens is 498 g/mol. The lowest BCUT2D eigenvalue weighted by Gasteiger charge is -2.16. The van der Waals surface area contributed by atoms with E-state index in [4.69, 9.17) is 0 Å². The van der Waals surface area contributed by atoms with Gasteiger partial charge < -0.3 is 10.6 Å². The molecule has 2 amide bonds. The highest BCUT2D eigenvalue weighted by atomic mass is 32.2. The van der Waals surface area contributed by atoms with E-state index in [-0.39, 0.29) is 23.6 Å². The molecule has 0 heterocycles. The van der Waals surface area contributed by atoms with E-state index in [0.717, 1.165) is 11.1 Å². The molecule has 0 aliphatic heterocycles. The van der Waals surface area contributed by atoms with Gasteiger partial charge in [-0.3, -0.25) is 14.3 Å². The summed E-state index contributed by atoms with van der Waals surface area (Å²) in [5, 5.41) is 5.97. The first-order valence-electron chi connectivity index (χ1n) is 12.9. The molecule has 0 spiro atoms. The van der Waals surface area contributed by atoms with Gasteiger partial charge in [0, 0.05) is 29.4 Å². The molecule has 38 heavy (non-hydrogen) atoms. The predicted octanol–water partition coefficient (Wildman–Crippen LogP) is 4.81. The molecule has 1 atom stereocenters. The summed E-state index contributed by atoms with van der Waals surface area (Å²) in [5.74, 6) is -0.0385. The quantitative estimate of drug-likeness (QED) is 0.292. The van der Waals surface area contributed by atoms with Crippen molar-refractivity contribution in [2.24, 2.45) is 5.92 Å². The molecule has 0 aliphatic carbocycles. The maximum atomic E-state index is 12.9. The molecule has 8 heteroatoms. The molecule has 1 unspecified atom stereocenters. The van der Waals surface area contributed by atoms with Crippen LogP contribution in [0, 0.1) is 5.92 Å². The van der Waals surface area contributed by atoms with Crippen molar-refractivity contribution >= 4 is 27.5 Å². The van der Waals surface area contributed by atoms with Crippen LogP contribution in [0.4, 0.5) is 5.69 Å².